The van der Waals surface area contributed by atoms with Gasteiger partial charge in [0, 0.05) is 25.2 Å². The highest BCUT2D eigenvalue weighted by Crippen LogP contribution is 2.19. The van der Waals surface area contributed by atoms with E-state index in [0.29, 0.717) is 24.6 Å². The van der Waals surface area contributed by atoms with Crippen molar-refractivity contribution in [1.29, 1.82) is 0 Å². The van der Waals surface area contributed by atoms with Crippen molar-refractivity contribution >= 4 is 5.97 Å². The van der Waals surface area contributed by atoms with Gasteiger partial charge in [-0.2, -0.15) is 0 Å². The molecule has 0 aliphatic heterocycles. The number of rotatable bonds is 19. The van der Waals surface area contributed by atoms with Crippen LogP contribution >= 0.6 is 0 Å². The Morgan fingerprint density at radius 1 is 0.818 bits per heavy atom. The summed E-state index contributed by atoms with van der Waals surface area (Å²) in [5.74, 6) is 0.727. The zero-order valence-electron chi connectivity index (χ0n) is 20.1. The van der Waals surface area contributed by atoms with Gasteiger partial charge in [-0.05, 0) is 44.1 Å². The Bertz CT molecular complexity index is 763. The molecule has 0 amide bonds. The molecule has 6 heteroatoms. The molecule has 182 valence electrons. The third-order valence-corrected chi connectivity index (χ3v) is 5.50. The van der Waals surface area contributed by atoms with E-state index in [-0.39, 0.29) is 0 Å². The van der Waals surface area contributed by atoms with Gasteiger partial charge in [-0.1, -0.05) is 63.3 Å². The van der Waals surface area contributed by atoms with Crippen molar-refractivity contribution in [2.24, 2.45) is 0 Å². The number of benzene rings is 1. The Morgan fingerprint density at radius 3 is 2.12 bits per heavy atom. The molecule has 0 saturated carbocycles. The lowest BCUT2D eigenvalue weighted by Gasteiger charge is -2.07. The molecule has 0 unspecified atom stereocenters. The number of nitrogens with zero attached hydrogens (tertiary/aromatic N) is 2. The molecule has 2 rings (SSSR count). The van der Waals surface area contributed by atoms with Crippen molar-refractivity contribution in [1.82, 2.24) is 9.97 Å². The first kappa shape index (κ1) is 26.8. The van der Waals surface area contributed by atoms with E-state index < -0.39 is 5.97 Å². The zero-order valence-corrected chi connectivity index (χ0v) is 20.1. The van der Waals surface area contributed by atoms with Crippen LogP contribution in [0.15, 0.2) is 36.7 Å². The van der Waals surface area contributed by atoms with Gasteiger partial charge in [0.05, 0.1) is 19.0 Å². The molecule has 0 aliphatic rings. The fourth-order valence-electron chi connectivity index (χ4n) is 3.59. The van der Waals surface area contributed by atoms with Crippen molar-refractivity contribution in [2.45, 2.75) is 84.0 Å². The summed E-state index contributed by atoms with van der Waals surface area (Å²) >= 11 is 0. The summed E-state index contributed by atoms with van der Waals surface area (Å²) in [4.78, 5) is 19.4. The summed E-state index contributed by atoms with van der Waals surface area (Å²) < 4.78 is 11.2. The molecule has 1 aromatic heterocycles. The summed E-state index contributed by atoms with van der Waals surface area (Å²) in [6.07, 6.45) is 15.7. The molecule has 1 N–H and O–H groups in total. The second-order valence-corrected chi connectivity index (χ2v) is 8.48. The molecule has 6 nitrogen and oxygen atoms in total. The molecular weight excluding hydrogens is 416 g/mol. The molecule has 0 radical (unpaired) electrons. The maximum absolute atomic E-state index is 10.5. The van der Waals surface area contributed by atoms with Gasteiger partial charge in [0.1, 0.15) is 0 Å². The molecule has 1 heterocycles. The van der Waals surface area contributed by atoms with Crippen LogP contribution in [0.25, 0.3) is 11.4 Å². The third-order valence-electron chi connectivity index (χ3n) is 5.50. The molecular formula is C27H40N2O4. The van der Waals surface area contributed by atoms with Gasteiger partial charge < -0.3 is 14.6 Å². The van der Waals surface area contributed by atoms with E-state index in [9.17, 15) is 4.79 Å². The molecule has 0 fully saturated rings. The summed E-state index contributed by atoms with van der Waals surface area (Å²) in [6, 6.07) is 8.50. The number of aryl methyl sites for hydroxylation is 1. The van der Waals surface area contributed by atoms with E-state index in [2.05, 4.69) is 41.2 Å². The maximum Gasteiger partial charge on any atom is 0.303 e. The van der Waals surface area contributed by atoms with Crippen molar-refractivity contribution < 1.29 is 19.4 Å². The van der Waals surface area contributed by atoms with Crippen molar-refractivity contribution in [3.8, 4) is 17.1 Å². The number of ether oxygens (including phenoxy) is 2. The standard InChI is InChI=1S/C27H40N2O4/c1-2-18-32-19-10-11-20-33-25-21-28-27(29-22-25)24-16-14-23(15-17-24)12-8-6-4-3-5-7-9-13-26(30)31/h14-17,21-22H,2-13,18-20H2,1H3,(H,30,31). The zero-order chi connectivity index (χ0) is 23.6. The fourth-order valence-corrected chi connectivity index (χ4v) is 3.59. The molecule has 0 saturated heterocycles. The number of hydrogen-bond donors (Lipinski definition) is 1. The lowest BCUT2D eigenvalue weighted by atomic mass is 10.0. The maximum atomic E-state index is 10.5. The summed E-state index contributed by atoms with van der Waals surface area (Å²) in [7, 11) is 0. The SMILES string of the molecule is CCCOCCCCOc1cnc(-c2ccc(CCCCCCCCCC(=O)O)cc2)nc1. The summed E-state index contributed by atoms with van der Waals surface area (Å²) in [5.41, 5.74) is 2.35. The number of aliphatic carboxylic acids is 1. The van der Waals surface area contributed by atoms with Crippen LogP contribution in [0.5, 0.6) is 5.75 Å². The highest BCUT2D eigenvalue weighted by Gasteiger charge is 2.03. The molecule has 0 bridgehead atoms. The lowest BCUT2D eigenvalue weighted by Crippen LogP contribution is -2.02. The molecule has 0 spiro atoms. The summed E-state index contributed by atoms with van der Waals surface area (Å²) in [5, 5.41) is 8.63. The first-order chi connectivity index (χ1) is 16.2. The Hall–Kier alpha value is -2.47. The Balaban J connectivity index is 1.59. The van der Waals surface area contributed by atoms with E-state index in [1.165, 1.54) is 31.2 Å². The van der Waals surface area contributed by atoms with E-state index in [4.69, 9.17) is 14.6 Å². The van der Waals surface area contributed by atoms with Crippen LogP contribution in [-0.4, -0.2) is 40.9 Å². The predicted octanol–water partition coefficient (Wildman–Crippen LogP) is 6.48. The van der Waals surface area contributed by atoms with Gasteiger partial charge in [-0.25, -0.2) is 9.97 Å². The van der Waals surface area contributed by atoms with E-state index in [0.717, 1.165) is 63.7 Å². The lowest BCUT2D eigenvalue weighted by molar-refractivity contribution is -0.137. The van der Waals surface area contributed by atoms with Crippen LogP contribution in [0.1, 0.15) is 83.1 Å². The predicted molar refractivity (Wildman–Crippen MR) is 132 cm³/mol. The second-order valence-electron chi connectivity index (χ2n) is 8.48. The average molecular weight is 457 g/mol. The quantitative estimate of drug-likeness (QED) is 0.244. The highest BCUT2D eigenvalue weighted by molar-refractivity contribution is 5.66. The largest absolute Gasteiger partial charge is 0.490 e. The Labute approximate surface area is 198 Å². The second kappa shape index (κ2) is 17.1. The van der Waals surface area contributed by atoms with Crippen LogP contribution < -0.4 is 4.74 Å². The minimum atomic E-state index is -0.686. The number of hydrogen-bond acceptors (Lipinski definition) is 5. The fraction of sp³-hybridized carbons (Fsp3) is 0.593. The van der Waals surface area contributed by atoms with Gasteiger partial charge in [0.15, 0.2) is 11.6 Å². The Morgan fingerprint density at radius 2 is 1.45 bits per heavy atom. The number of carbonyl (C=O) groups is 1. The molecule has 1 aromatic carbocycles. The van der Waals surface area contributed by atoms with Crippen LogP contribution in [0.4, 0.5) is 0 Å². The minimum Gasteiger partial charge on any atom is -0.490 e. The van der Waals surface area contributed by atoms with Crippen LogP contribution in [0.2, 0.25) is 0 Å². The average Bonchev–Trinajstić information content (AvgIpc) is 2.83. The highest BCUT2D eigenvalue weighted by atomic mass is 16.5. The van der Waals surface area contributed by atoms with Crippen molar-refractivity contribution in [2.75, 3.05) is 19.8 Å². The van der Waals surface area contributed by atoms with Crippen LogP contribution in [-0.2, 0) is 16.0 Å². The third kappa shape index (κ3) is 12.4. The van der Waals surface area contributed by atoms with Gasteiger partial charge in [-0.3, -0.25) is 4.79 Å². The van der Waals surface area contributed by atoms with E-state index in [1.54, 1.807) is 12.4 Å². The molecule has 0 atom stereocenters. The number of carboxylic acids is 1. The van der Waals surface area contributed by atoms with Gasteiger partial charge >= 0.3 is 5.97 Å². The topological polar surface area (TPSA) is 81.5 Å². The van der Waals surface area contributed by atoms with Crippen molar-refractivity contribution in [3.63, 3.8) is 0 Å². The van der Waals surface area contributed by atoms with Gasteiger partial charge in [0.25, 0.3) is 0 Å². The Kier molecular flexibility index (Phi) is 13.8. The van der Waals surface area contributed by atoms with E-state index in [1.807, 2.05) is 0 Å². The van der Waals surface area contributed by atoms with Crippen LogP contribution in [0.3, 0.4) is 0 Å². The minimum absolute atomic E-state index is 0.300. The molecule has 33 heavy (non-hydrogen) atoms. The number of unbranched alkanes of at least 4 members (excludes halogenated alkanes) is 7. The smallest absolute Gasteiger partial charge is 0.303 e. The number of aromatic nitrogens is 2. The molecule has 2 aromatic rings. The summed E-state index contributed by atoms with van der Waals surface area (Å²) in [6.45, 7) is 4.38. The van der Waals surface area contributed by atoms with Crippen molar-refractivity contribution in [3.05, 3.63) is 42.2 Å². The normalized spacial score (nSPS) is 10.9. The molecule has 0 aliphatic carbocycles. The van der Waals surface area contributed by atoms with E-state index >= 15 is 0 Å². The van der Waals surface area contributed by atoms with Crippen LogP contribution in [0, 0.1) is 0 Å². The first-order valence-corrected chi connectivity index (χ1v) is 12.5. The van der Waals surface area contributed by atoms with Gasteiger partial charge in [0.2, 0.25) is 0 Å². The first-order valence-electron chi connectivity index (χ1n) is 12.5. The van der Waals surface area contributed by atoms with Gasteiger partial charge in [-0.15, -0.1) is 0 Å². The monoisotopic (exact) mass is 456 g/mol. The number of carboxylic acid groups (broad SMARTS) is 1.